The fourth-order valence-corrected chi connectivity index (χ4v) is 1.99. The van der Waals surface area contributed by atoms with Crippen molar-refractivity contribution in [2.75, 3.05) is 18.4 Å². The number of aromatic nitrogens is 1. The van der Waals surface area contributed by atoms with Crippen molar-refractivity contribution >= 4 is 17.8 Å². The van der Waals surface area contributed by atoms with E-state index in [9.17, 15) is 9.59 Å². The monoisotopic (exact) mass is 263 g/mol. The van der Waals surface area contributed by atoms with Gasteiger partial charge >= 0.3 is 12.0 Å². The van der Waals surface area contributed by atoms with E-state index in [1.807, 2.05) is 0 Å². The number of anilines is 1. The molecular formula is C13H17N3O3. The van der Waals surface area contributed by atoms with Gasteiger partial charge in [-0.3, -0.25) is 5.32 Å². The van der Waals surface area contributed by atoms with Gasteiger partial charge in [-0.2, -0.15) is 0 Å². The number of pyridine rings is 1. The highest BCUT2D eigenvalue weighted by Gasteiger charge is 2.20. The standard InChI is InChI=1S/C13H17N3O3/c1-9-4-6-16(7-5-9)13(19)15-11-3-2-10(8-14-11)12(17)18/h2-3,8-9H,4-7H2,1H3,(H,17,18)(H,14,15,19). The maximum absolute atomic E-state index is 12.0. The Morgan fingerprint density at radius 2 is 2.05 bits per heavy atom. The lowest BCUT2D eigenvalue weighted by atomic mass is 10.00. The highest BCUT2D eigenvalue weighted by Crippen LogP contribution is 2.16. The highest BCUT2D eigenvalue weighted by atomic mass is 16.4. The van der Waals surface area contributed by atoms with Crippen LogP contribution in [0.25, 0.3) is 0 Å². The first kappa shape index (κ1) is 13.3. The molecule has 0 aliphatic carbocycles. The lowest BCUT2D eigenvalue weighted by Crippen LogP contribution is -2.40. The molecule has 1 aromatic heterocycles. The first-order chi connectivity index (χ1) is 9.06. The summed E-state index contributed by atoms with van der Waals surface area (Å²) in [6.45, 7) is 3.68. The van der Waals surface area contributed by atoms with E-state index in [4.69, 9.17) is 5.11 Å². The molecule has 2 amide bonds. The Labute approximate surface area is 111 Å². The van der Waals surface area contributed by atoms with Gasteiger partial charge in [-0.25, -0.2) is 14.6 Å². The van der Waals surface area contributed by atoms with Crippen molar-refractivity contribution in [3.63, 3.8) is 0 Å². The second-order valence-electron chi connectivity index (χ2n) is 4.84. The number of aromatic carboxylic acids is 1. The Morgan fingerprint density at radius 3 is 2.58 bits per heavy atom. The van der Waals surface area contributed by atoms with Crippen molar-refractivity contribution in [3.8, 4) is 0 Å². The molecule has 1 fully saturated rings. The molecule has 102 valence electrons. The molecule has 1 aliphatic heterocycles. The predicted octanol–water partition coefficient (Wildman–Crippen LogP) is 2.04. The number of likely N-dealkylation sites (tertiary alicyclic amines) is 1. The van der Waals surface area contributed by atoms with Crippen molar-refractivity contribution in [1.82, 2.24) is 9.88 Å². The summed E-state index contributed by atoms with van der Waals surface area (Å²) in [7, 11) is 0. The van der Waals surface area contributed by atoms with E-state index >= 15 is 0 Å². The quantitative estimate of drug-likeness (QED) is 0.855. The van der Waals surface area contributed by atoms with Gasteiger partial charge in [0.25, 0.3) is 0 Å². The van der Waals surface area contributed by atoms with Crippen LogP contribution in [0.15, 0.2) is 18.3 Å². The molecule has 0 radical (unpaired) electrons. The Morgan fingerprint density at radius 1 is 1.37 bits per heavy atom. The van der Waals surface area contributed by atoms with Crippen molar-refractivity contribution < 1.29 is 14.7 Å². The molecule has 2 heterocycles. The number of urea groups is 1. The minimum absolute atomic E-state index is 0.102. The summed E-state index contributed by atoms with van der Waals surface area (Å²) in [4.78, 5) is 28.3. The van der Waals surface area contributed by atoms with Gasteiger partial charge < -0.3 is 10.0 Å². The molecule has 0 atom stereocenters. The average molecular weight is 263 g/mol. The summed E-state index contributed by atoms with van der Waals surface area (Å²) < 4.78 is 0. The predicted molar refractivity (Wildman–Crippen MR) is 70.2 cm³/mol. The smallest absolute Gasteiger partial charge is 0.337 e. The van der Waals surface area contributed by atoms with Crippen LogP contribution in [0, 0.1) is 5.92 Å². The summed E-state index contributed by atoms with van der Waals surface area (Å²) in [6.07, 6.45) is 3.26. The zero-order valence-corrected chi connectivity index (χ0v) is 10.8. The molecular weight excluding hydrogens is 246 g/mol. The topological polar surface area (TPSA) is 82.5 Å². The number of carbonyl (C=O) groups excluding carboxylic acids is 1. The maximum Gasteiger partial charge on any atom is 0.337 e. The third kappa shape index (κ3) is 3.43. The first-order valence-corrected chi connectivity index (χ1v) is 6.31. The third-order valence-corrected chi connectivity index (χ3v) is 3.32. The summed E-state index contributed by atoms with van der Waals surface area (Å²) >= 11 is 0. The number of amides is 2. The molecule has 19 heavy (non-hydrogen) atoms. The Balaban J connectivity index is 1.93. The fraction of sp³-hybridized carbons (Fsp3) is 0.462. The normalized spacial score (nSPS) is 16.2. The summed E-state index contributed by atoms with van der Waals surface area (Å²) in [5, 5.41) is 11.4. The number of rotatable bonds is 2. The lowest BCUT2D eigenvalue weighted by Gasteiger charge is -2.30. The van der Waals surface area contributed by atoms with Crippen molar-refractivity contribution in [1.29, 1.82) is 0 Å². The molecule has 1 aliphatic rings. The molecule has 0 aromatic carbocycles. The number of carboxylic acids is 1. The number of piperidine rings is 1. The maximum atomic E-state index is 12.0. The molecule has 6 heteroatoms. The number of nitrogens with one attached hydrogen (secondary N) is 1. The summed E-state index contributed by atoms with van der Waals surface area (Å²) in [5.74, 6) is 0.000965. The van der Waals surface area contributed by atoms with Gasteiger partial charge in [0, 0.05) is 19.3 Å². The van der Waals surface area contributed by atoms with Crippen LogP contribution in [0.2, 0.25) is 0 Å². The van der Waals surface area contributed by atoms with Gasteiger partial charge in [0.05, 0.1) is 5.56 Å². The SMILES string of the molecule is CC1CCN(C(=O)Nc2ccc(C(=O)O)cn2)CC1. The van der Waals surface area contributed by atoms with Crippen LogP contribution in [0.3, 0.4) is 0 Å². The van der Waals surface area contributed by atoms with Crippen LogP contribution in [-0.2, 0) is 0 Å². The van der Waals surface area contributed by atoms with Crippen molar-refractivity contribution in [3.05, 3.63) is 23.9 Å². The van der Waals surface area contributed by atoms with Crippen LogP contribution in [0.5, 0.6) is 0 Å². The molecule has 0 spiro atoms. The van der Waals surface area contributed by atoms with Gasteiger partial charge in [0.2, 0.25) is 0 Å². The number of hydrogen-bond acceptors (Lipinski definition) is 3. The Hall–Kier alpha value is -2.11. The summed E-state index contributed by atoms with van der Waals surface area (Å²) in [6, 6.07) is 2.74. The number of hydrogen-bond donors (Lipinski definition) is 2. The zero-order valence-electron chi connectivity index (χ0n) is 10.8. The van der Waals surface area contributed by atoms with E-state index in [1.54, 1.807) is 4.90 Å². The molecule has 2 rings (SSSR count). The van der Waals surface area contributed by atoms with Crippen LogP contribution in [0.1, 0.15) is 30.1 Å². The van der Waals surface area contributed by atoms with Gasteiger partial charge in [-0.1, -0.05) is 6.92 Å². The van der Waals surface area contributed by atoms with Gasteiger partial charge in [-0.05, 0) is 30.9 Å². The van der Waals surface area contributed by atoms with Gasteiger partial charge in [0.15, 0.2) is 0 Å². The molecule has 1 aromatic rings. The third-order valence-electron chi connectivity index (χ3n) is 3.32. The van der Waals surface area contributed by atoms with Crippen molar-refractivity contribution in [2.24, 2.45) is 5.92 Å². The average Bonchev–Trinajstić information content (AvgIpc) is 2.40. The lowest BCUT2D eigenvalue weighted by molar-refractivity contribution is 0.0696. The number of carboxylic acid groups (broad SMARTS) is 1. The van der Waals surface area contributed by atoms with E-state index < -0.39 is 5.97 Å². The molecule has 0 bridgehead atoms. The highest BCUT2D eigenvalue weighted by molar-refractivity contribution is 5.90. The van der Waals surface area contributed by atoms with E-state index in [1.165, 1.54) is 18.3 Å². The van der Waals surface area contributed by atoms with Crippen LogP contribution >= 0.6 is 0 Å². The van der Waals surface area contributed by atoms with Crippen LogP contribution in [-0.4, -0.2) is 40.1 Å². The van der Waals surface area contributed by atoms with Crippen LogP contribution in [0.4, 0.5) is 10.6 Å². The van der Waals surface area contributed by atoms with E-state index in [-0.39, 0.29) is 11.6 Å². The molecule has 6 nitrogen and oxygen atoms in total. The van der Waals surface area contributed by atoms with Crippen LogP contribution < -0.4 is 5.32 Å². The zero-order chi connectivity index (χ0) is 13.8. The van der Waals surface area contributed by atoms with Gasteiger partial charge in [0.1, 0.15) is 5.82 Å². The minimum Gasteiger partial charge on any atom is -0.478 e. The minimum atomic E-state index is -1.03. The van der Waals surface area contributed by atoms with E-state index in [0.29, 0.717) is 11.7 Å². The van der Waals surface area contributed by atoms with E-state index in [2.05, 4.69) is 17.2 Å². The van der Waals surface area contributed by atoms with Crippen molar-refractivity contribution in [2.45, 2.75) is 19.8 Å². The molecule has 0 unspecified atom stereocenters. The molecule has 0 saturated carbocycles. The number of carbonyl (C=O) groups is 2. The van der Waals surface area contributed by atoms with Gasteiger partial charge in [-0.15, -0.1) is 0 Å². The first-order valence-electron chi connectivity index (χ1n) is 6.31. The fourth-order valence-electron chi connectivity index (χ4n) is 1.99. The Bertz CT molecular complexity index is 465. The molecule has 1 saturated heterocycles. The Kier molecular flexibility index (Phi) is 3.99. The summed E-state index contributed by atoms with van der Waals surface area (Å²) in [5.41, 5.74) is 0.102. The molecule has 2 N–H and O–H groups in total. The second-order valence-corrected chi connectivity index (χ2v) is 4.84. The second kappa shape index (κ2) is 5.69. The largest absolute Gasteiger partial charge is 0.478 e. The van der Waals surface area contributed by atoms with E-state index in [0.717, 1.165) is 25.9 Å². The number of nitrogens with zero attached hydrogens (tertiary/aromatic N) is 2.